The maximum absolute atomic E-state index is 6.81. The lowest BCUT2D eigenvalue weighted by atomic mass is 10.00. The van der Waals surface area contributed by atoms with Crippen molar-refractivity contribution in [1.29, 1.82) is 0 Å². The fourth-order valence-electron chi connectivity index (χ4n) is 1.45. The average molecular weight is 185 g/mol. The SMILES string of the molecule is [C]#CCCCc1ccc(C(C)C)cc1. The monoisotopic (exact) mass is 185 g/mol. The molecule has 14 heavy (non-hydrogen) atoms. The Morgan fingerprint density at radius 1 is 1.21 bits per heavy atom. The van der Waals surface area contributed by atoms with Gasteiger partial charge in [0.1, 0.15) is 0 Å². The van der Waals surface area contributed by atoms with Gasteiger partial charge in [-0.15, -0.1) is 0 Å². The second kappa shape index (κ2) is 5.50. The molecule has 1 radical (unpaired) electrons. The summed E-state index contributed by atoms with van der Waals surface area (Å²) in [5.41, 5.74) is 2.76. The Morgan fingerprint density at radius 3 is 2.36 bits per heavy atom. The highest BCUT2D eigenvalue weighted by Crippen LogP contribution is 2.15. The van der Waals surface area contributed by atoms with Crippen LogP contribution in [0.4, 0.5) is 0 Å². The van der Waals surface area contributed by atoms with E-state index in [1.165, 1.54) is 11.1 Å². The maximum atomic E-state index is 6.81. The predicted molar refractivity (Wildman–Crippen MR) is 60.6 cm³/mol. The van der Waals surface area contributed by atoms with Crippen molar-refractivity contribution in [2.75, 3.05) is 0 Å². The number of benzene rings is 1. The highest BCUT2D eigenvalue weighted by atomic mass is 14.0. The molecule has 0 amide bonds. The van der Waals surface area contributed by atoms with Crippen LogP contribution >= 0.6 is 0 Å². The van der Waals surface area contributed by atoms with Gasteiger partial charge in [0.05, 0.1) is 0 Å². The highest BCUT2D eigenvalue weighted by Gasteiger charge is 1.98. The van der Waals surface area contributed by atoms with E-state index >= 15 is 0 Å². The van der Waals surface area contributed by atoms with E-state index in [4.69, 9.17) is 6.42 Å². The molecule has 1 rings (SSSR count). The van der Waals surface area contributed by atoms with Gasteiger partial charge in [0, 0.05) is 6.42 Å². The molecular formula is C14H17. The second-order valence-corrected chi connectivity index (χ2v) is 3.93. The smallest absolute Gasteiger partial charge is 0.0102 e. The summed E-state index contributed by atoms with van der Waals surface area (Å²) in [5, 5.41) is 0. The van der Waals surface area contributed by atoms with Crippen LogP contribution in [0, 0.1) is 12.3 Å². The minimum atomic E-state index is 0.610. The summed E-state index contributed by atoms with van der Waals surface area (Å²) in [5.74, 6) is 3.03. The van der Waals surface area contributed by atoms with Crippen LogP contribution in [-0.4, -0.2) is 0 Å². The molecule has 1 aromatic carbocycles. The highest BCUT2D eigenvalue weighted by molar-refractivity contribution is 5.24. The van der Waals surface area contributed by atoms with Gasteiger partial charge < -0.3 is 0 Å². The number of hydrogen-bond acceptors (Lipinski definition) is 0. The zero-order valence-electron chi connectivity index (χ0n) is 9.01. The lowest BCUT2D eigenvalue weighted by Gasteiger charge is -2.06. The first-order chi connectivity index (χ1) is 6.74. The number of aryl methyl sites for hydroxylation is 1. The Kier molecular flexibility index (Phi) is 4.26. The van der Waals surface area contributed by atoms with E-state index in [1.54, 1.807) is 0 Å². The molecule has 0 N–H and O–H groups in total. The first-order valence-corrected chi connectivity index (χ1v) is 5.22. The Hall–Kier alpha value is -1.22. The van der Waals surface area contributed by atoms with Gasteiger partial charge in [-0.25, -0.2) is 0 Å². The minimum Gasteiger partial charge on any atom is -0.0891 e. The first kappa shape index (κ1) is 10.9. The zero-order valence-corrected chi connectivity index (χ0v) is 9.01. The third-order valence-corrected chi connectivity index (χ3v) is 2.41. The predicted octanol–water partition coefficient (Wildman–Crippen LogP) is 3.72. The van der Waals surface area contributed by atoms with Crippen molar-refractivity contribution in [3.63, 3.8) is 0 Å². The molecule has 0 aliphatic heterocycles. The molecule has 0 unspecified atom stereocenters. The Bertz CT molecular complexity index is 298. The van der Waals surface area contributed by atoms with Crippen LogP contribution in [0.1, 0.15) is 43.7 Å². The standard InChI is InChI=1S/C14H17/c1-4-5-6-7-13-8-10-14(11-9-13)12(2)3/h8-12H,5-7H2,2-3H3. The molecule has 0 saturated carbocycles. The molecule has 0 spiro atoms. The molecule has 0 heterocycles. The third-order valence-electron chi connectivity index (χ3n) is 2.41. The molecule has 0 atom stereocenters. The van der Waals surface area contributed by atoms with E-state index in [0.29, 0.717) is 5.92 Å². The summed E-state index contributed by atoms with van der Waals surface area (Å²) < 4.78 is 0. The van der Waals surface area contributed by atoms with Crippen LogP contribution in [0.15, 0.2) is 24.3 Å². The molecular weight excluding hydrogens is 168 g/mol. The summed E-state index contributed by atoms with van der Waals surface area (Å²) in [6, 6.07) is 8.79. The van der Waals surface area contributed by atoms with E-state index in [9.17, 15) is 0 Å². The molecule has 0 aliphatic rings. The maximum Gasteiger partial charge on any atom is 0.0102 e. The van der Waals surface area contributed by atoms with Crippen molar-refractivity contribution >= 4 is 0 Å². The Morgan fingerprint density at radius 2 is 1.86 bits per heavy atom. The molecule has 0 aliphatic carbocycles. The number of hydrogen-bond donors (Lipinski definition) is 0. The van der Waals surface area contributed by atoms with Crippen LogP contribution < -0.4 is 0 Å². The van der Waals surface area contributed by atoms with E-state index in [0.717, 1.165) is 19.3 Å². The summed E-state index contributed by atoms with van der Waals surface area (Å²) in [7, 11) is 0. The number of rotatable bonds is 4. The largest absolute Gasteiger partial charge is 0.0891 e. The molecule has 0 heteroatoms. The lowest BCUT2D eigenvalue weighted by molar-refractivity contribution is 0.844. The van der Waals surface area contributed by atoms with Gasteiger partial charge in [0.2, 0.25) is 0 Å². The second-order valence-electron chi connectivity index (χ2n) is 3.93. The van der Waals surface area contributed by atoms with Crippen molar-refractivity contribution < 1.29 is 0 Å². The summed E-state index contributed by atoms with van der Waals surface area (Å²) in [6.45, 7) is 4.41. The lowest BCUT2D eigenvalue weighted by Crippen LogP contribution is -1.89. The van der Waals surface area contributed by atoms with E-state index in [1.807, 2.05) is 0 Å². The molecule has 0 fully saturated rings. The van der Waals surface area contributed by atoms with Crippen LogP contribution in [0.25, 0.3) is 0 Å². The Balaban J connectivity index is 2.52. The first-order valence-electron chi connectivity index (χ1n) is 5.22. The van der Waals surface area contributed by atoms with Crippen LogP contribution in [0.3, 0.4) is 0 Å². The van der Waals surface area contributed by atoms with Crippen molar-refractivity contribution in [2.24, 2.45) is 0 Å². The van der Waals surface area contributed by atoms with Crippen molar-refractivity contribution in [1.82, 2.24) is 0 Å². The molecule has 1 aromatic rings. The van der Waals surface area contributed by atoms with Gasteiger partial charge in [-0.2, -0.15) is 0 Å². The minimum absolute atomic E-state index is 0.610. The molecule has 0 saturated heterocycles. The summed E-state index contributed by atoms with van der Waals surface area (Å²) in [6.07, 6.45) is 9.67. The van der Waals surface area contributed by atoms with Crippen molar-refractivity contribution in [3.8, 4) is 5.92 Å². The van der Waals surface area contributed by atoms with Gasteiger partial charge in [-0.05, 0) is 36.3 Å². The average Bonchev–Trinajstić information content (AvgIpc) is 2.19. The van der Waals surface area contributed by atoms with Gasteiger partial charge in [0.15, 0.2) is 0 Å². The van der Waals surface area contributed by atoms with Crippen molar-refractivity contribution in [2.45, 2.75) is 39.0 Å². The Labute approximate surface area is 87.4 Å². The molecule has 0 nitrogen and oxygen atoms in total. The number of unbranched alkanes of at least 4 members (excludes halogenated alkanes) is 1. The van der Waals surface area contributed by atoms with E-state index < -0.39 is 0 Å². The molecule has 0 aromatic heterocycles. The summed E-state index contributed by atoms with van der Waals surface area (Å²) in [4.78, 5) is 0. The van der Waals surface area contributed by atoms with Crippen LogP contribution in [0.5, 0.6) is 0 Å². The fourth-order valence-corrected chi connectivity index (χ4v) is 1.45. The van der Waals surface area contributed by atoms with E-state index in [-0.39, 0.29) is 0 Å². The molecule has 73 valence electrons. The van der Waals surface area contributed by atoms with Gasteiger partial charge in [-0.3, -0.25) is 0 Å². The van der Waals surface area contributed by atoms with Gasteiger partial charge >= 0.3 is 0 Å². The van der Waals surface area contributed by atoms with Crippen LogP contribution in [0.2, 0.25) is 0 Å². The fraction of sp³-hybridized carbons (Fsp3) is 0.429. The molecule has 0 bridgehead atoms. The van der Waals surface area contributed by atoms with E-state index in [2.05, 4.69) is 44.0 Å². The van der Waals surface area contributed by atoms with Crippen molar-refractivity contribution in [3.05, 3.63) is 41.8 Å². The van der Waals surface area contributed by atoms with Gasteiger partial charge in [0.25, 0.3) is 0 Å². The summed E-state index contributed by atoms with van der Waals surface area (Å²) >= 11 is 0. The normalized spacial score (nSPS) is 10.1. The van der Waals surface area contributed by atoms with Gasteiger partial charge in [-0.1, -0.05) is 44.0 Å². The zero-order chi connectivity index (χ0) is 10.4. The van der Waals surface area contributed by atoms with Crippen LogP contribution in [-0.2, 0) is 6.42 Å². The topological polar surface area (TPSA) is 0 Å². The quantitative estimate of drug-likeness (QED) is 0.495. The third kappa shape index (κ3) is 3.26.